The third-order valence-corrected chi connectivity index (χ3v) is 3.25. The van der Waals surface area contributed by atoms with Gasteiger partial charge < -0.3 is 14.2 Å². The number of benzene rings is 2. The highest BCUT2D eigenvalue weighted by Crippen LogP contribution is 2.21. The van der Waals surface area contributed by atoms with Crippen molar-refractivity contribution in [1.29, 1.82) is 0 Å². The van der Waals surface area contributed by atoms with Crippen molar-refractivity contribution in [3.8, 4) is 5.75 Å². The van der Waals surface area contributed by atoms with Crippen LogP contribution < -0.4 is 4.74 Å². The lowest BCUT2D eigenvalue weighted by Crippen LogP contribution is -2.12. The highest BCUT2D eigenvalue weighted by atomic mass is 16.6. The van der Waals surface area contributed by atoms with Gasteiger partial charge in [-0.3, -0.25) is 10.1 Å². The Morgan fingerprint density at radius 3 is 1.92 bits per heavy atom. The van der Waals surface area contributed by atoms with Gasteiger partial charge in [-0.15, -0.1) is 0 Å². The van der Waals surface area contributed by atoms with E-state index in [0.717, 1.165) is 20.3 Å². The fourth-order valence-electron chi connectivity index (χ4n) is 2.04. The van der Waals surface area contributed by atoms with E-state index in [1.165, 1.54) is 36.4 Å². The molecule has 0 unspecified atom stereocenters. The number of methoxy groups -OCH3 is 2. The minimum atomic E-state index is -0.897. The second kappa shape index (κ2) is 7.88. The number of nitro groups is 1. The molecule has 0 N–H and O–H groups in total. The molecule has 0 aliphatic carbocycles. The Kier molecular flexibility index (Phi) is 5.63. The predicted molar refractivity (Wildman–Crippen MR) is 87.2 cm³/mol. The molecule has 0 aromatic heterocycles. The fourth-order valence-corrected chi connectivity index (χ4v) is 2.04. The summed E-state index contributed by atoms with van der Waals surface area (Å²) in [4.78, 5) is 45.8. The van der Waals surface area contributed by atoms with E-state index in [2.05, 4.69) is 9.47 Å². The van der Waals surface area contributed by atoms with Crippen molar-refractivity contribution in [2.24, 2.45) is 0 Å². The van der Waals surface area contributed by atoms with Crippen LogP contribution in [0.2, 0.25) is 0 Å². The maximum absolute atomic E-state index is 12.2. The van der Waals surface area contributed by atoms with E-state index in [0.29, 0.717) is 0 Å². The smallest absolute Gasteiger partial charge is 0.343 e. The molecule has 2 aromatic rings. The van der Waals surface area contributed by atoms with Gasteiger partial charge in [-0.25, -0.2) is 14.4 Å². The van der Waals surface area contributed by atoms with Gasteiger partial charge >= 0.3 is 17.9 Å². The quantitative estimate of drug-likeness (QED) is 0.345. The molecule has 9 nitrogen and oxygen atoms in total. The number of carbonyl (C=O) groups is 3. The second-order valence-electron chi connectivity index (χ2n) is 4.93. The number of hydrogen-bond donors (Lipinski definition) is 0. The zero-order valence-electron chi connectivity index (χ0n) is 13.8. The number of non-ortho nitro benzene ring substituents is 1. The molecule has 0 radical (unpaired) electrons. The molecule has 0 bridgehead atoms. The Balaban J connectivity index is 2.37. The van der Waals surface area contributed by atoms with Crippen LogP contribution >= 0.6 is 0 Å². The average Bonchev–Trinajstić information content (AvgIpc) is 2.66. The summed E-state index contributed by atoms with van der Waals surface area (Å²) >= 11 is 0. The van der Waals surface area contributed by atoms with Crippen LogP contribution in [-0.4, -0.2) is 37.1 Å². The molecule has 0 atom stereocenters. The maximum Gasteiger partial charge on any atom is 0.343 e. The van der Waals surface area contributed by atoms with Crippen molar-refractivity contribution in [3.05, 3.63) is 69.3 Å². The van der Waals surface area contributed by atoms with E-state index in [4.69, 9.17) is 4.74 Å². The molecule has 134 valence electrons. The number of esters is 3. The average molecular weight is 359 g/mol. The molecule has 26 heavy (non-hydrogen) atoms. The molecule has 0 heterocycles. The third kappa shape index (κ3) is 4.20. The monoisotopic (exact) mass is 359 g/mol. The van der Waals surface area contributed by atoms with Crippen molar-refractivity contribution in [3.63, 3.8) is 0 Å². The number of ether oxygens (including phenoxy) is 3. The van der Waals surface area contributed by atoms with Crippen LogP contribution in [0.15, 0.2) is 42.5 Å². The molecular formula is C17H13NO8. The topological polar surface area (TPSA) is 122 Å². The van der Waals surface area contributed by atoms with Crippen molar-refractivity contribution in [2.45, 2.75) is 0 Å². The molecule has 2 rings (SSSR count). The van der Waals surface area contributed by atoms with Crippen molar-refractivity contribution >= 4 is 23.6 Å². The lowest BCUT2D eigenvalue weighted by Gasteiger charge is -2.09. The van der Waals surface area contributed by atoms with Crippen LogP contribution in [0.4, 0.5) is 5.69 Å². The summed E-state index contributed by atoms with van der Waals surface area (Å²) in [6, 6.07) is 8.57. The van der Waals surface area contributed by atoms with Crippen molar-refractivity contribution in [2.75, 3.05) is 14.2 Å². The second-order valence-corrected chi connectivity index (χ2v) is 4.93. The largest absolute Gasteiger partial charge is 0.465 e. The van der Waals surface area contributed by atoms with Gasteiger partial charge in [0.25, 0.3) is 5.69 Å². The summed E-state index contributed by atoms with van der Waals surface area (Å²) in [5, 5.41) is 10.8. The molecule has 0 amide bonds. The van der Waals surface area contributed by atoms with Crippen LogP contribution in [-0.2, 0) is 9.47 Å². The minimum absolute atomic E-state index is 0.0303. The van der Waals surface area contributed by atoms with Crippen LogP contribution in [0.25, 0.3) is 0 Å². The van der Waals surface area contributed by atoms with Gasteiger partial charge in [-0.2, -0.15) is 0 Å². The van der Waals surface area contributed by atoms with Gasteiger partial charge in [0.1, 0.15) is 5.75 Å². The molecule has 0 aliphatic rings. The summed E-state index contributed by atoms with van der Waals surface area (Å²) in [6.07, 6.45) is 0. The molecule has 0 fully saturated rings. The number of nitrogens with zero attached hydrogens (tertiary/aromatic N) is 1. The zero-order chi connectivity index (χ0) is 19.3. The molecule has 0 saturated carbocycles. The Labute approximate surface area is 147 Å². The lowest BCUT2D eigenvalue weighted by molar-refractivity contribution is -0.384. The van der Waals surface area contributed by atoms with Gasteiger partial charge in [-0.1, -0.05) is 6.07 Å². The SMILES string of the molecule is COC(=O)c1cc(OC(=O)c2cccc([N+](=O)[O-])c2)cc(C(=O)OC)c1. The first-order valence-electron chi connectivity index (χ1n) is 7.14. The van der Waals surface area contributed by atoms with E-state index in [1.54, 1.807) is 0 Å². The standard InChI is InChI=1S/C17H13NO8/c1-24-15(19)11-6-12(16(20)25-2)9-14(8-11)26-17(21)10-4-3-5-13(7-10)18(22)23/h3-9H,1-2H3. The van der Waals surface area contributed by atoms with E-state index in [-0.39, 0.29) is 28.1 Å². The molecule has 9 heteroatoms. The van der Waals surface area contributed by atoms with Crippen LogP contribution in [0.3, 0.4) is 0 Å². The summed E-state index contributed by atoms with van der Waals surface area (Å²) in [7, 11) is 2.31. The lowest BCUT2D eigenvalue weighted by atomic mass is 10.1. The highest BCUT2D eigenvalue weighted by molar-refractivity contribution is 5.97. The summed E-state index contributed by atoms with van der Waals surface area (Å²) in [6.45, 7) is 0. The fraction of sp³-hybridized carbons (Fsp3) is 0.118. The van der Waals surface area contributed by atoms with Gasteiger partial charge in [0.05, 0.1) is 35.8 Å². The zero-order valence-corrected chi connectivity index (χ0v) is 13.8. The number of hydrogen-bond acceptors (Lipinski definition) is 8. The van der Waals surface area contributed by atoms with E-state index in [1.807, 2.05) is 0 Å². The Bertz CT molecular complexity index is 856. The van der Waals surface area contributed by atoms with Crippen molar-refractivity contribution in [1.82, 2.24) is 0 Å². The molecule has 0 spiro atoms. The predicted octanol–water partition coefficient (Wildman–Crippen LogP) is 2.39. The first-order chi connectivity index (χ1) is 12.3. The Morgan fingerprint density at radius 2 is 1.42 bits per heavy atom. The Morgan fingerprint density at radius 1 is 0.846 bits per heavy atom. The maximum atomic E-state index is 12.2. The Hall–Kier alpha value is -3.75. The molecule has 2 aromatic carbocycles. The number of nitro benzene ring substituents is 1. The third-order valence-electron chi connectivity index (χ3n) is 3.25. The normalized spacial score (nSPS) is 9.92. The van der Waals surface area contributed by atoms with Crippen LogP contribution in [0, 0.1) is 10.1 Å². The number of rotatable bonds is 5. The van der Waals surface area contributed by atoms with Crippen molar-refractivity contribution < 1.29 is 33.5 Å². The van der Waals surface area contributed by atoms with E-state index < -0.39 is 22.8 Å². The van der Waals surface area contributed by atoms with E-state index >= 15 is 0 Å². The van der Waals surface area contributed by atoms with Gasteiger partial charge in [0.2, 0.25) is 0 Å². The van der Waals surface area contributed by atoms with E-state index in [9.17, 15) is 24.5 Å². The first-order valence-corrected chi connectivity index (χ1v) is 7.14. The summed E-state index contributed by atoms with van der Waals surface area (Å²) in [5.74, 6) is -2.51. The van der Waals surface area contributed by atoms with Crippen LogP contribution in [0.5, 0.6) is 5.75 Å². The first kappa shape index (κ1) is 18.6. The van der Waals surface area contributed by atoms with Gasteiger partial charge in [0, 0.05) is 12.1 Å². The van der Waals surface area contributed by atoms with Gasteiger partial charge in [-0.05, 0) is 24.3 Å². The van der Waals surface area contributed by atoms with Gasteiger partial charge in [0.15, 0.2) is 0 Å². The summed E-state index contributed by atoms with van der Waals surface area (Å²) < 4.78 is 14.3. The molecule has 0 aliphatic heterocycles. The minimum Gasteiger partial charge on any atom is -0.465 e. The van der Waals surface area contributed by atoms with Crippen LogP contribution in [0.1, 0.15) is 31.1 Å². The number of carbonyl (C=O) groups excluding carboxylic acids is 3. The highest BCUT2D eigenvalue weighted by Gasteiger charge is 2.18. The molecular weight excluding hydrogens is 346 g/mol. The summed E-state index contributed by atoms with van der Waals surface area (Å²) in [5.41, 5.74) is -0.408. The molecule has 0 saturated heterocycles.